The number of aliphatic hydroxyl groups is 1. The predicted molar refractivity (Wildman–Crippen MR) is 145 cm³/mol. The lowest BCUT2D eigenvalue weighted by Crippen LogP contribution is -2.56. The zero-order valence-corrected chi connectivity index (χ0v) is 22.5. The Hall–Kier alpha value is -2.88. The van der Waals surface area contributed by atoms with Gasteiger partial charge in [0.15, 0.2) is 0 Å². The van der Waals surface area contributed by atoms with Crippen LogP contribution in [0.3, 0.4) is 0 Å². The molecule has 10 heteroatoms. The van der Waals surface area contributed by atoms with E-state index < -0.39 is 42.6 Å². The van der Waals surface area contributed by atoms with E-state index in [0.29, 0.717) is 19.5 Å². The van der Waals surface area contributed by atoms with E-state index in [4.69, 9.17) is 0 Å². The number of carbonyl (C=O) groups excluding carboxylic acids is 4. The molecule has 0 aliphatic carbocycles. The molecule has 0 spiro atoms. The van der Waals surface area contributed by atoms with Gasteiger partial charge in [-0.2, -0.15) is 0 Å². The molecule has 37 heavy (non-hydrogen) atoms. The molecule has 1 rings (SSSR count). The van der Waals surface area contributed by atoms with Gasteiger partial charge in [0.25, 0.3) is 0 Å². The maximum absolute atomic E-state index is 12.7. The third-order valence-corrected chi connectivity index (χ3v) is 6.05. The third-order valence-electron chi connectivity index (χ3n) is 6.05. The average molecular weight is 522 g/mol. The van der Waals surface area contributed by atoms with Crippen LogP contribution < -0.4 is 26.6 Å². The number of unbranched alkanes of at least 4 members (excludes halogenated alkanes) is 9. The van der Waals surface area contributed by atoms with Crippen LogP contribution in [0.1, 0.15) is 84.5 Å². The van der Waals surface area contributed by atoms with Crippen molar-refractivity contribution >= 4 is 23.8 Å². The maximum atomic E-state index is 12.7. The van der Waals surface area contributed by atoms with Crippen molar-refractivity contribution in [3.8, 4) is 0 Å². The fourth-order valence-electron chi connectivity index (χ4n) is 3.84. The third kappa shape index (κ3) is 15.8. The van der Waals surface area contributed by atoms with Gasteiger partial charge in [-0.25, -0.2) is 4.79 Å². The summed E-state index contributed by atoms with van der Waals surface area (Å²) in [5.74, 6) is -1.39. The second-order valence-electron chi connectivity index (χ2n) is 9.47. The van der Waals surface area contributed by atoms with Crippen molar-refractivity contribution in [1.29, 1.82) is 0 Å². The lowest BCUT2D eigenvalue weighted by molar-refractivity contribution is -0.129. The van der Waals surface area contributed by atoms with E-state index in [2.05, 4.69) is 33.5 Å². The molecule has 0 aromatic heterocycles. The SMILES string of the molecule is CCCCCCCCCCCCNC(=O)NC(CO)C(=O)N[C@H]1/C=C/CCNC(=O)/C=C/[C@H](C)NC1=O. The number of carbonyl (C=O) groups is 4. The number of amides is 5. The second kappa shape index (κ2) is 20.2. The first-order valence-electron chi connectivity index (χ1n) is 13.8. The van der Waals surface area contributed by atoms with Gasteiger partial charge in [0, 0.05) is 25.2 Å². The second-order valence-corrected chi connectivity index (χ2v) is 9.47. The molecule has 0 saturated carbocycles. The molecule has 1 aliphatic heterocycles. The largest absolute Gasteiger partial charge is 0.394 e. The quantitative estimate of drug-likeness (QED) is 0.144. The molecule has 0 fully saturated rings. The Morgan fingerprint density at radius 1 is 1.03 bits per heavy atom. The maximum Gasteiger partial charge on any atom is 0.315 e. The van der Waals surface area contributed by atoms with E-state index in [1.54, 1.807) is 19.1 Å². The van der Waals surface area contributed by atoms with Crippen molar-refractivity contribution in [1.82, 2.24) is 26.6 Å². The minimum Gasteiger partial charge on any atom is -0.394 e. The zero-order valence-electron chi connectivity index (χ0n) is 22.5. The van der Waals surface area contributed by atoms with Gasteiger partial charge in [0.05, 0.1) is 6.61 Å². The molecule has 0 saturated heterocycles. The summed E-state index contributed by atoms with van der Waals surface area (Å²) in [6, 6.07) is -3.18. The van der Waals surface area contributed by atoms with Crippen molar-refractivity contribution < 1.29 is 24.3 Å². The van der Waals surface area contributed by atoms with Crippen molar-refractivity contribution in [2.75, 3.05) is 19.7 Å². The van der Waals surface area contributed by atoms with Gasteiger partial charge in [0.1, 0.15) is 12.1 Å². The van der Waals surface area contributed by atoms with Gasteiger partial charge in [-0.15, -0.1) is 0 Å². The van der Waals surface area contributed by atoms with E-state index >= 15 is 0 Å². The molecule has 0 bridgehead atoms. The molecule has 210 valence electrons. The van der Waals surface area contributed by atoms with E-state index in [9.17, 15) is 24.3 Å². The molecule has 1 unspecified atom stereocenters. The highest BCUT2D eigenvalue weighted by Crippen LogP contribution is 2.10. The number of urea groups is 1. The molecule has 6 N–H and O–H groups in total. The van der Waals surface area contributed by atoms with Crippen LogP contribution in [0.15, 0.2) is 24.3 Å². The highest BCUT2D eigenvalue weighted by molar-refractivity contribution is 5.93. The molecule has 5 amide bonds. The van der Waals surface area contributed by atoms with E-state index in [0.717, 1.165) is 19.3 Å². The van der Waals surface area contributed by atoms with Gasteiger partial charge < -0.3 is 31.7 Å². The highest BCUT2D eigenvalue weighted by atomic mass is 16.3. The lowest BCUT2D eigenvalue weighted by atomic mass is 10.1. The Labute approximate surface area is 221 Å². The fourth-order valence-corrected chi connectivity index (χ4v) is 3.84. The van der Waals surface area contributed by atoms with Crippen molar-refractivity contribution in [3.63, 3.8) is 0 Å². The molecule has 10 nitrogen and oxygen atoms in total. The molecule has 3 atom stereocenters. The highest BCUT2D eigenvalue weighted by Gasteiger charge is 2.25. The molecular weight excluding hydrogens is 474 g/mol. The van der Waals surface area contributed by atoms with E-state index in [1.807, 2.05) is 0 Å². The fraction of sp³-hybridized carbons (Fsp3) is 0.704. The van der Waals surface area contributed by atoms with Gasteiger partial charge in [0.2, 0.25) is 17.7 Å². The molecule has 0 aromatic carbocycles. The lowest BCUT2D eigenvalue weighted by Gasteiger charge is -2.21. The molecule has 0 aromatic rings. The minimum absolute atomic E-state index is 0.247. The van der Waals surface area contributed by atoms with Crippen LogP contribution in [0.4, 0.5) is 4.79 Å². The van der Waals surface area contributed by atoms with Crippen LogP contribution in [0, 0.1) is 0 Å². The number of nitrogens with one attached hydrogen (secondary N) is 5. The van der Waals surface area contributed by atoms with Crippen LogP contribution in [-0.2, 0) is 14.4 Å². The topological polar surface area (TPSA) is 149 Å². The summed E-state index contributed by atoms with van der Waals surface area (Å²) >= 11 is 0. The van der Waals surface area contributed by atoms with E-state index in [-0.39, 0.29) is 5.91 Å². The van der Waals surface area contributed by atoms with Crippen LogP contribution in [0.25, 0.3) is 0 Å². The van der Waals surface area contributed by atoms with Crippen LogP contribution >= 0.6 is 0 Å². The Kier molecular flexibility index (Phi) is 17.6. The first-order chi connectivity index (χ1) is 17.9. The van der Waals surface area contributed by atoms with Crippen molar-refractivity contribution in [2.45, 2.75) is 103 Å². The first-order valence-corrected chi connectivity index (χ1v) is 13.8. The Bertz CT molecular complexity index is 755. The summed E-state index contributed by atoms with van der Waals surface area (Å²) in [6.45, 7) is 4.18. The molecule has 0 radical (unpaired) electrons. The van der Waals surface area contributed by atoms with Crippen LogP contribution in [-0.4, -0.2) is 66.7 Å². The average Bonchev–Trinajstić information content (AvgIpc) is 2.87. The standard InChI is InChI=1S/C27H47N5O5/c1-3-4-5-6-7-8-9-10-11-13-19-29-27(37)32-23(20-33)26(36)31-22-15-12-14-18-28-24(34)17-16-21(2)30-25(22)35/h12,15-17,21-23,33H,3-11,13-14,18-20H2,1-2H3,(H,28,34)(H,30,35)(H,31,36)(H2,29,32,37)/b15-12+,17-16+/t21-,22-,23?/m0/s1. The zero-order chi connectivity index (χ0) is 27.3. The Morgan fingerprint density at radius 2 is 1.68 bits per heavy atom. The summed E-state index contributed by atoms with van der Waals surface area (Å²) in [5.41, 5.74) is 0. The Balaban J connectivity index is 2.39. The normalized spacial score (nSPS) is 20.8. The number of rotatable bonds is 15. The molecule has 1 heterocycles. The summed E-state index contributed by atoms with van der Waals surface area (Å²) in [5, 5.41) is 22.8. The van der Waals surface area contributed by atoms with Gasteiger partial charge in [-0.3, -0.25) is 14.4 Å². The summed E-state index contributed by atoms with van der Waals surface area (Å²) in [6.07, 6.45) is 18.6. The monoisotopic (exact) mass is 521 g/mol. The predicted octanol–water partition coefficient (Wildman–Crippen LogP) is 2.19. The first kappa shape index (κ1) is 32.1. The summed E-state index contributed by atoms with van der Waals surface area (Å²) < 4.78 is 0. The molecular formula is C27H47N5O5. The van der Waals surface area contributed by atoms with Gasteiger partial charge in [-0.1, -0.05) is 82.9 Å². The number of aliphatic hydroxyl groups excluding tert-OH is 1. The smallest absolute Gasteiger partial charge is 0.315 e. The number of hydrogen-bond donors (Lipinski definition) is 6. The minimum atomic E-state index is -1.20. The van der Waals surface area contributed by atoms with Gasteiger partial charge >= 0.3 is 6.03 Å². The van der Waals surface area contributed by atoms with Crippen LogP contribution in [0.5, 0.6) is 0 Å². The molecule has 1 aliphatic rings. The van der Waals surface area contributed by atoms with Crippen molar-refractivity contribution in [3.05, 3.63) is 24.3 Å². The Morgan fingerprint density at radius 3 is 2.32 bits per heavy atom. The number of hydrogen-bond acceptors (Lipinski definition) is 5. The van der Waals surface area contributed by atoms with E-state index in [1.165, 1.54) is 57.1 Å². The van der Waals surface area contributed by atoms with Gasteiger partial charge in [-0.05, 0) is 19.8 Å². The van der Waals surface area contributed by atoms with Crippen LogP contribution in [0.2, 0.25) is 0 Å². The summed E-state index contributed by atoms with van der Waals surface area (Å²) in [4.78, 5) is 49.2. The summed E-state index contributed by atoms with van der Waals surface area (Å²) in [7, 11) is 0. The van der Waals surface area contributed by atoms with Crippen molar-refractivity contribution in [2.24, 2.45) is 0 Å².